The quantitative estimate of drug-likeness (QED) is 0.879. The van der Waals surface area contributed by atoms with Crippen LogP contribution in [0.5, 0.6) is 0 Å². The van der Waals surface area contributed by atoms with Crippen LogP contribution in [0.25, 0.3) is 0 Å². The molecule has 2 aliphatic heterocycles. The number of nitrogens with zero attached hydrogens (tertiary/aromatic N) is 1. The van der Waals surface area contributed by atoms with Gasteiger partial charge in [0.15, 0.2) is 0 Å². The Bertz CT molecular complexity index is 521. The van der Waals surface area contributed by atoms with Crippen molar-refractivity contribution in [3.63, 3.8) is 0 Å². The van der Waals surface area contributed by atoms with E-state index in [-0.39, 0.29) is 17.4 Å². The van der Waals surface area contributed by atoms with Crippen LogP contribution in [0, 0.1) is 5.41 Å². The molecule has 22 heavy (non-hydrogen) atoms. The van der Waals surface area contributed by atoms with Gasteiger partial charge in [-0.3, -0.25) is 4.79 Å². The Morgan fingerprint density at radius 1 is 1.23 bits per heavy atom. The molecule has 3 rings (SSSR count). The molecule has 0 saturated carbocycles. The molecule has 0 radical (unpaired) electrons. The summed E-state index contributed by atoms with van der Waals surface area (Å²) in [6.07, 6.45) is 1.75. The average Bonchev–Trinajstić information content (AvgIpc) is 2.52. The molecule has 1 aromatic carbocycles. The maximum Gasteiger partial charge on any atom is 0.226 e. The van der Waals surface area contributed by atoms with Gasteiger partial charge >= 0.3 is 0 Å². The predicted molar refractivity (Wildman–Crippen MR) is 86.3 cm³/mol. The predicted octanol–water partition coefficient (Wildman–Crippen LogP) is 2.10. The Hall–Kier alpha value is -1.39. The molecule has 120 valence electrons. The fourth-order valence-corrected chi connectivity index (χ4v) is 3.87. The summed E-state index contributed by atoms with van der Waals surface area (Å²) in [7, 11) is 0. The number of benzene rings is 1. The van der Waals surface area contributed by atoms with E-state index < -0.39 is 6.10 Å². The Morgan fingerprint density at radius 2 is 1.86 bits per heavy atom. The monoisotopic (exact) mass is 302 g/mol. The lowest BCUT2D eigenvalue weighted by Gasteiger charge is -2.47. The highest BCUT2D eigenvalue weighted by atomic mass is 16.3. The van der Waals surface area contributed by atoms with Crippen molar-refractivity contribution < 1.29 is 9.90 Å². The van der Waals surface area contributed by atoms with E-state index in [1.54, 1.807) is 0 Å². The van der Waals surface area contributed by atoms with E-state index in [2.05, 4.69) is 24.1 Å². The van der Waals surface area contributed by atoms with E-state index in [1.165, 1.54) is 0 Å². The average molecular weight is 302 g/mol. The summed E-state index contributed by atoms with van der Waals surface area (Å²) in [4.78, 5) is 15.1. The van der Waals surface area contributed by atoms with Gasteiger partial charge in [0.25, 0.3) is 0 Å². The van der Waals surface area contributed by atoms with E-state index in [0.29, 0.717) is 12.5 Å². The molecule has 4 nitrogen and oxygen atoms in total. The van der Waals surface area contributed by atoms with Gasteiger partial charge in [0.2, 0.25) is 5.91 Å². The van der Waals surface area contributed by atoms with Gasteiger partial charge in [-0.1, -0.05) is 30.3 Å². The fourth-order valence-electron chi connectivity index (χ4n) is 3.87. The smallest absolute Gasteiger partial charge is 0.226 e. The van der Waals surface area contributed by atoms with Crippen LogP contribution in [0.1, 0.15) is 44.7 Å². The maximum absolute atomic E-state index is 12.7. The van der Waals surface area contributed by atoms with Gasteiger partial charge in [0, 0.05) is 6.04 Å². The molecule has 2 saturated heterocycles. The van der Waals surface area contributed by atoms with Crippen LogP contribution in [0.2, 0.25) is 0 Å². The normalized spacial score (nSPS) is 28.8. The Morgan fingerprint density at radius 3 is 2.45 bits per heavy atom. The largest absolute Gasteiger partial charge is 0.391 e. The summed E-state index contributed by atoms with van der Waals surface area (Å²) in [5.41, 5.74) is 0.605. The molecule has 4 heteroatoms. The second-order valence-corrected chi connectivity index (χ2v) is 7.04. The van der Waals surface area contributed by atoms with Crippen molar-refractivity contribution in [3.05, 3.63) is 35.9 Å². The first kappa shape index (κ1) is 15.5. The number of carbonyl (C=O) groups is 1. The number of piperidine rings is 2. The Labute approximate surface area is 132 Å². The van der Waals surface area contributed by atoms with E-state index in [1.807, 2.05) is 30.3 Å². The molecule has 0 unspecified atom stereocenters. The highest BCUT2D eigenvalue weighted by molar-refractivity contribution is 5.84. The van der Waals surface area contributed by atoms with Crippen LogP contribution in [0.15, 0.2) is 30.3 Å². The molecule has 0 aliphatic carbocycles. The summed E-state index contributed by atoms with van der Waals surface area (Å²) < 4.78 is 0. The van der Waals surface area contributed by atoms with Gasteiger partial charge in [-0.2, -0.15) is 0 Å². The number of aliphatic hydroxyl groups excluding tert-OH is 1. The molecular formula is C18H26N2O2. The van der Waals surface area contributed by atoms with Crippen LogP contribution < -0.4 is 5.32 Å². The van der Waals surface area contributed by atoms with Crippen molar-refractivity contribution in [2.75, 3.05) is 13.1 Å². The second-order valence-electron chi connectivity index (χ2n) is 7.04. The lowest BCUT2D eigenvalue weighted by atomic mass is 9.69. The van der Waals surface area contributed by atoms with Crippen LogP contribution in [-0.4, -0.2) is 41.1 Å². The van der Waals surface area contributed by atoms with Gasteiger partial charge in [0.1, 0.15) is 0 Å². The summed E-state index contributed by atoms with van der Waals surface area (Å²) >= 11 is 0. The van der Waals surface area contributed by atoms with E-state index in [9.17, 15) is 9.90 Å². The summed E-state index contributed by atoms with van der Waals surface area (Å²) in [6, 6.07) is 10.0. The number of likely N-dealkylation sites (tertiary alicyclic amines) is 1. The third kappa shape index (κ3) is 2.77. The first-order valence-electron chi connectivity index (χ1n) is 8.30. The van der Waals surface area contributed by atoms with Gasteiger partial charge in [-0.15, -0.1) is 0 Å². The van der Waals surface area contributed by atoms with Crippen molar-refractivity contribution in [2.24, 2.45) is 5.41 Å². The molecule has 1 amide bonds. The molecule has 1 spiro atoms. The van der Waals surface area contributed by atoms with Crippen molar-refractivity contribution in [3.8, 4) is 0 Å². The first-order valence-corrected chi connectivity index (χ1v) is 8.30. The van der Waals surface area contributed by atoms with Crippen LogP contribution in [0.3, 0.4) is 0 Å². The van der Waals surface area contributed by atoms with Crippen LogP contribution >= 0.6 is 0 Å². The number of amides is 1. The third-order valence-electron chi connectivity index (χ3n) is 5.40. The zero-order chi connectivity index (χ0) is 15.7. The maximum atomic E-state index is 12.7. The van der Waals surface area contributed by atoms with Gasteiger partial charge in [-0.05, 0) is 51.8 Å². The summed E-state index contributed by atoms with van der Waals surface area (Å²) in [5, 5.41) is 13.7. The number of nitrogens with one attached hydrogen (secondary N) is 1. The minimum Gasteiger partial charge on any atom is -0.391 e. The minimum atomic E-state index is -0.509. The van der Waals surface area contributed by atoms with Crippen molar-refractivity contribution >= 4 is 5.91 Å². The van der Waals surface area contributed by atoms with Crippen molar-refractivity contribution in [1.82, 2.24) is 10.2 Å². The summed E-state index contributed by atoms with van der Waals surface area (Å²) in [6.45, 7) is 6.26. The standard InChI is InChI=1S/C18H26N2O2/c1-13(2)20-10-8-18(9-11-20)12-15(21)16(19-17(18)22)14-6-4-3-5-7-14/h3-7,13,15-16,21H,8-12H2,1-2H3,(H,19,22)/t15-,16+/m1/s1. The third-order valence-corrected chi connectivity index (χ3v) is 5.40. The zero-order valence-electron chi connectivity index (χ0n) is 13.5. The number of rotatable bonds is 2. The van der Waals surface area contributed by atoms with Crippen molar-refractivity contribution in [2.45, 2.75) is 51.3 Å². The van der Waals surface area contributed by atoms with Gasteiger partial charge in [0.05, 0.1) is 17.6 Å². The molecule has 2 atom stereocenters. The number of hydrogen-bond donors (Lipinski definition) is 2. The van der Waals surface area contributed by atoms with Gasteiger partial charge < -0.3 is 15.3 Å². The van der Waals surface area contributed by atoms with Crippen molar-refractivity contribution in [1.29, 1.82) is 0 Å². The number of hydrogen-bond acceptors (Lipinski definition) is 3. The molecular weight excluding hydrogens is 276 g/mol. The fraction of sp³-hybridized carbons (Fsp3) is 0.611. The summed E-state index contributed by atoms with van der Waals surface area (Å²) in [5.74, 6) is 0.120. The van der Waals surface area contributed by atoms with Crippen LogP contribution in [0.4, 0.5) is 0 Å². The first-order chi connectivity index (χ1) is 10.5. The molecule has 0 aromatic heterocycles. The van der Waals surface area contributed by atoms with E-state index >= 15 is 0 Å². The molecule has 2 fully saturated rings. The molecule has 2 aliphatic rings. The molecule has 1 aromatic rings. The van der Waals surface area contributed by atoms with E-state index in [0.717, 1.165) is 31.5 Å². The minimum absolute atomic E-state index is 0.120. The number of carbonyl (C=O) groups excluding carboxylic acids is 1. The highest BCUT2D eigenvalue weighted by Gasteiger charge is 2.48. The Balaban J connectivity index is 1.72. The Kier molecular flexibility index (Phi) is 4.24. The van der Waals surface area contributed by atoms with E-state index in [4.69, 9.17) is 0 Å². The number of aliphatic hydroxyl groups is 1. The van der Waals surface area contributed by atoms with Gasteiger partial charge in [-0.25, -0.2) is 0 Å². The lowest BCUT2D eigenvalue weighted by Crippen LogP contribution is -2.57. The highest BCUT2D eigenvalue weighted by Crippen LogP contribution is 2.42. The second kappa shape index (κ2) is 6.01. The molecule has 0 bridgehead atoms. The molecule has 2 heterocycles. The molecule has 2 N–H and O–H groups in total. The van der Waals surface area contributed by atoms with Crippen LogP contribution in [-0.2, 0) is 4.79 Å². The lowest BCUT2D eigenvalue weighted by molar-refractivity contribution is -0.144. The topological polar surface area (TPSA) is 52.6 Å². The SMILES string of the molecule is CC(C)N1CCC2(CC1)C[C@@H](O)[C@H](c1ccccc1)NC2=O. The zero-order valence-corrected chi connectivity index (χ0v) is 13.5.